The highest BCUT2D eigenvalue weighted by Gasteiger charge is 2.31. The van der Waals surface area contributed by atoms with Crippen molar-refractivity contribution < 1.29 is 27.6 Å². The van der Waals surface area contributed by atoms with Gasteiger partial charge in [-0.1, -0.05) is 27.2 Å². The molecule has 0 spiro atoms. The van der Waals surface area contributed by atoms with Crippen LogP contribution in [0.2, 0.25) is 0 Å². The Morgan fingerprint density at radius 1 is 1.40 bits per heavy atom. The molecule has 4 nitrogen and oxygen atoms in total. The molecule has 0 saturated heterocycles. The fourth-order valence-electron chi connectivity index (χ4n) is 1.69. The molecule has 1 aromatic heterocycles. The van der Waals surface area contributed by atoms with E-state index in [1.54, 1.807) is 0 Å². The van der Waals surface area contributed by atoms with Gasteiger partial charge in [0.15, 0.2) is 0 Å². The van der Waals surface area contributed by atoms with E-state index in [1.807, 2.05) is 0 Å². The molecular formula is C12H7BrF3NO3. The van der Waals surface area contributed by atoms with Crippen LogP contribution in [0.25, 0.3) is 11.3 Å². The largest absolute Gasteiger partial charge is 0.477 e. The number of benzene rings is 1. The predicted octanol–water partition coefficient (Wildman–Crippen LogP) is 4.13. The van der Waals surface area contributed by atoms with Gasteiger partial charge in [0.25, 0.3) is 0 Å². The minimum atomic E-state index is -4.48. The maximum Gasteiger partial charge on any atom is 0.416 e. The topological polar surface area (TPSA) is 63.3 Å². The van der Waals surface area contributed by atoms with Crippen LogP contribution >= 0.6 is 15.9 Å². The molecule has 2 aromatic rings. The van der Waals surface area contributed by atoms with E-state index < -0.39 is 17.7 Å². The van der Waals surface area contributed by atoms with Gasteiger partial charge in [0, 0.05) is 10.0 Å². The van der Waals surface area contributed by atoms with Crippen molar-refractivity contribution in [2.75, 3.05) is 0 Å². The Bertz CT molecular complexity index is 679. The zero-order valence-electron chi connectivity index (χ0n) is 9.95. The van der Waals surface area contributed by atoms with Crippen LogP contribution in [0.5, 0.6) is 0 Å². The maximum absolute atomic E-state index is 12.6. The van der Waals surface area contributed by atoms with Gasteiger partial charge in [-0.3, -0.25) is 0 Å². The molecule has 106 valence electrons. The average molecular weight is 350 g/mol. The first-order valence-corrected chi connectivity index (χ1v) is 6.07. The molecular weight excluding hydrogens is 343 g/mol. The summed E-state index contributed by atoms with van der Waals surface area (Å²) in [6.45, 7) is 1.41. The SMILES string of the molecule is Cc1onc(-c2ccc(C(F)(F)F)cc2Br)c1C(=O)O. The van der Waals surface area contributed by atoms with Crippen LogP contribution in [0.1, 0.15) is 21.7 Å². The number of aryl methyl sites for hydroxylation is 1. The van der Waals surface area contributed by atoms with Gasteiger partial charge in [0.1, 0.15) is 17.0 Å². The van der Waals surface area contributed by atoms with Crippen molar-refractivity contribution in [1.82, 2.24) is 5.16 Å². The number of aromatic nitrogens is 1. The highest BCUT2D eigenvalue weighted by Crippen LogP contribution is 2.36. The second kappa shape index (κ2) is 4.93. The number of carboxylic acids is 1. The fraction of sp³-hybridized carbons (Fsp3) is 0.167. The van der Waals surface area contributed by atoms with Gasteiger partial charge in [0.05, 0.1) is 5.56 Å². The van der Waals surface area contributed by atoms with Crippen LogP contribution in [0, 0.1) is 6.92 Å². The maximum atomic E-state index is 12.6. The van der Waals surface area contributed by atoms with Crippen LogP contribution in [0.4, 0.5) is 13.2 Å². The van der Waals surface area contributed by atoms with E-state index >= 15 is 0 Å². The number of carbonyl (C=O) groups is 1. The van der Waals surface area contributed by atoms with Crippen molar-refractivity contribution in [3.05, 3.63) is 39.6 Å². The predicted molar refractivity (Wildman–Crippen MR) is 66.3 cm³/mol. The minimum Gasteiger partial charge on any atom is -0.477 e. The zero-order valence-corrected chi connectivity index (χ0v) is 11.5. The molecule has 0 amide bonds. The summed E-state index contributed by atoms with van der Waals surface area (Å²) >= 11 is 2.99. The van der Waals surface area contributed by atoms with E-state index in [4.69, 9.17) is 9.63 Å². The third-order valence-corrected chi connectivity index (χ3v) is 3.28. The van der Waals surface area contributed by atoms with Crippen molar-refractivity contribution >= 4 is 21.9 Å². The Kier molecular flexibility index (Phi) is 3.59. The van der Waals surface area contributed by atoms with Crippen LogP contribution in [-0.2, 0) is 6.18 Å². The smallest absolute Gasteiger partial charge is 0.416 e. The second-order valence-corrected chi connectivity index (χ2v) is 4.81. The van der Waals surface area contributed by atoms with Crippen LogP contribution in [0.3, 0.4) is 0 Å². The molecule has 20 heavy (non-hydrogen) atoms. The molecule has 0 radical (unpaired) electrons. The monoisotopic (exact) mass is 349 g/mol. The van der Waals surface area contributed by atoms with Gasteiger partial charge < -0.3 is 9.63 Å². The lowest BCUT2D eigenvalue weighted by Crippen LogP contribution is -2.05. The summed E-state index contributed by atoms with van der Waals surface area (Å²) in [5.41, 5.74) is -0.821. The molecule has 0 bridgehead atoms. The summed E-state index contributed by atoms with van der Waals surface area (Å²) in [7, 11) is 0. The van der Waals surface area contributed by atoms with Crippen LogP contribution in [-0.4, -0.2) is 16.2 Å². The van der Waals surface area contributed by atoms with Crippen molar-refractivity contribution in [3.63, 3.8) is 0 Å². The molecule has 1 N–H and O–H groups in total. The van der Waals surface area contributed by atoms with Crippen molar-refractivity contribution in [3.8, 4) is 11.3 Å². The van der Waals surface area contributed by atoms with E-state index in [2.05, 4.69) is 21.1 Å². The first-order chi connectivity index (χ1) is 9.21. The highest BCUT2D eigenvalue weighted by atomic mass is 79.9. The van der Waals surface area contributed by atoms with Crippen molar-refractivity contribution in [1.29, 1.82) is 0 Å². The lowest BCUT2D eigenvalue weighted by atomic mass is 10.0. The molecule has 2 rings (SSSR count). The number of hydrogen-bond acceptors (Lipinski definition) is 3. The number of halogens is 4. The number of nitrogens with zero attached hydrogens (tertiary/aromatic N) is 1. The zero-order chi connectivity index (χ0) is 15.1. The highest BCUT2D eigenvalue weighted by molar-refractivity contribution is 9.10. The van der Waals surface area contributed by atoms with Gasteiger partial charge in [-0.15, -0.1) is 0 Å². The molecule has 0 atom stereocenters. The lowest BCUT2D eigenvalue weighted by Gasteiger charge is -2.09. The number of rotatable bonds is 2. The Hall–Kier alpha value is -1.83. The molecule has 1 heterocycles. The Balaban J connectivity index is 2.58. The summed E-state index contributed by atoms with van der Waals surface area (Å²) in [4.78, 5) is 11.1. The summed E-state index contributed by atoms with van der Waals surface area (Å²) in [5, 5.41) is 12.7. The van der Waals surface area contributed by atoms with E-state index in [0.29, 0.717) is 0 Å². The third kappa shape index (κ3) is 2.55. The van der Waals surface area contributed by atoms with Gasteiger partial charge in [-0.25, -0.2) is 4.79 Å². The number of alkyl halides is 3. The Labute approximate surface area is 119 Å². The van der Waals surface area contributed by atoms with Gasteiger partial charge in [-0.2, -0.15) is 13.2 Å². The minimum absolute atomic E-state index is 0.0180. The summed E-state index contributed by atoms with van der Waals surface area (Å²) in [5.74, 6) is -1.18. The Morgan fingerprint density at radius 2 is 2.05 bits per heavy atom. The van der Waals surface area contributed by atoms with Crippen molar-refractivity contribution in [2.45, 2.75) is 13.1 Å². The average Bonchev–Trinajstić information content (AvgIpc) is 2.69. The molecule has 0 aliphatic heterocycles. The molecule has 8 heteroatoms. The standard InChI is InChI=1S/C12H7BrF3NO3/c1-5-9(11(18)19)10(17-20-5)7-3-2-6(4-8(7)13)12(14,15)16/h2-4H,1H3,(H,18,19). The van der Waals surface area contributed by atoms with Crippen LogP contribution in [0.15, 0.2) is 27.2 Å². The van der Waals surface area contributed by atoms with E-state index in [0.717, 1.165) is 18.2 Å². The Morgan fingerprint density at radius 3 is 2.55 bits per heavy atom. The van der Waals surface area contributed by atoms with Gasteiger partial charge in [0.2, 0.25) is 0 Å². The van der Waals surface area contributed by atoms with Gasteiger partial charge in [-0.05, 0) is 19.1 Å². The molecule has 1 aromatic carbocycles. The second-order valence-electron chi connectivity index (χ2n) is 3.96. The molecule has 0 unspecified atom stereocenters. The summed E-state index contributed by atoms with van der Waals surface area (Å²) in [6.07, 6.45) is -4.48. The number of carboxylic acid groups (broad SMARTS) is 1. The molecule has 0 aliphatic carbocycles. The first-order valence-electron chi connectivity index (χ1n) is 5.28. The number of aromatic carboxylic acids is 1. The van der Waals surface area contributed by atoms with Crippen molar-refractivity contribution in [2.24, 2.45) is 0 Å². The fourth-order valence-corrected chi connectivity index (χ4v) is 2.26. The molecule has 0 aliphatic rings. The molecule has 0 fully saturated rings. The number of hydrogen-bond donors (Lipinski definition) is 1. The molecule has 0 saturated carbocycles. The van der Waals surface area contributed by atoms with E-state index in [-0.39, 0.29) is 27.1 Å². The summed E-state index contributed by atoms with van der Waals surface area (Å²) in [6, 6.07) is 2.87. The van der Waals surface area contributed by atoms with Gasteiger partial charge >= 0.3 is 12.1 Å². The first kappa shape index (κ1) is 14.6. The summed E-state index contributed by atoms with van der Waals surface area (Å²) < 4.78 is 42.6. The lowest BCUT2D eigenvalue weighted by molar-refractivity contribution is -0.137. The van der Waals surface area contributed by atoms with E-state index in [9.17, 15) is 18.0 Å². The van der Waals surface area contributed by atoms with Crippen LogP contribution < -0.4 is 0 Å². The van der Waals surface area contributed by atoms with E-state index in [1.165, 1.54) is 6.92 Å². The quantitative estimate of drug-likeness (QED) is 0.885. The normalized spacial score (nSPS) is 11.7. The third-order valence-electron chi connectivity index (χ3n) is 2.63.